The summed E-state index contributed by atoms with van der Waals surface area (Å²) >= 11 is 4.25. The van der Waals surface area contributed by atoms with Gasteiger partial charge in [0.1, 0.15) is 6.10 Å². The Morgan fingerprint density at radius 3 is 2.92 bits per heavy atom. The molecule has 24 heavy (non-hydrogen) atoms. The molecular weight excluding hydrogens is 365 g/mol. The Bertz CT molecular complexity index is 865. The van der Waals surface area contributed by atoms with Crippen LogP contribution in [0.2, 0.25) is 0 Å². The first-order valence-electron chi connectivity index (χ1n) is 6.61. The Balaban J connectivity index is 1.90. The summed E-state index contributed by atoms with van der Waals surface area (Å²) in [5, 5.41) is 9.34. The van der Waals surface area contributed by atoms with Crippen molar-refractivity contribution >= 4 is 37.6 Å². The highest BCUT2D eigenvalue weighted by Crippen LogP contribution is 2.39. The van der Waals surface area contributed by atoms with E-state index in [9.17, 15) is 14.5 Å². The molecule has 0 radical (unpaired) electrons. The Morgan fingerprint density at radius 1 is 1.54 bits per heavy atom. The third-order valence-corrected chi connectivity index (χ3v) is 4.51. The number of nitrogens with one attached hydrogen (secondary N) is 1. The van der Waals surface area contributed by atoms with Gasteiger partial charge in [0.25, 0.3) is 5.56 Å². The number of nitrogens with zero attached hydrogens (tertiary/aromatic N) is 3. The molecule has 0 amide bonds. The van der Waals surface area contributed by atoms with Crippen LogP contribution in [0, 0.1) is 0 Å². The predicted molar refractivity (Wildman–Crippen MR) is 83.2 cm³/mol. The number of rotatable bonds is 4. The number of imidazole rings is 1. The maximum Gasteiger partial charge on any atom is 0.469 e. The minimum atomic E-state index is -4.71. The van der Waals surface area contributed by atoms with Gasteiger partial charge >= 0.3 is 7.82 Å². The van der Waals surface area contributed by atoms with Crippen molar-refractivity contribution in [2.45, 2.75) is 23.7 Å². The Morgan fingerprint density at radius 2 is 2.25 bits per heavy atom. The van der Waals surface area contributed by atoms with Gasteiger partial charge in [0.05, 0.1) is 24.3 Å². The van der Waals surface area contributed by atoms with Crippen molar-refractivity contribution in [1.82, 2.24) is 19.5 Å². The van der Waals surface area contributed by atoms with Crippen LogP contribution in [-0.4, -0.2) is 58.5 Å². The number of nitrogens with two attached hydrogens (primary N) is 1. The molecule has 0 bridgehead atoms. The van der Waals surface area contributed by atoms with E-state index in [1.54, 1.807) is 0 Å². The number of fused-ring (bicyclic) bond motifs is 1. The van der Waals surface area contributed by atoms with Gasteiger partial charge in [0.15, 0.2) is 17.4 Å². The van der Waals surface area contributed by atoms with E-state index >= 15 is 0 Å². The molecule has 0 spiro atoms. The number of aliphatic hydroxyl groups excluding tert-OH is 1. The summed E-state index contributed by atoms with van der Waals surface area (Å²) in [5.41, 5.74) is 5.13. The molecule has 0 saturated carbocycles. The lowest BCUT2D eigenvalue weighted by molar-refractivity contribution is -0.0422. The van der Waals surface area contributed by atoms with Crippen LogP contribution in [0.1, 0.15) is 6.23 Å². The highest BCUT2D eigenvalue weighted by Gasteiger charge is 2.44. The molecule has 1 aliphatic rings. The van der Waals surface area contributed by atoms with Crippen LogP contribution in [-0.2, 0) is 13.8 Å². The van der Waals surface area contributed by atoms with E-state index < -0.39 is 43.7 Å². The smallest absolute Gasteiger partial charge is 0.389 e. The Hall–Kier alpha value is -1.47. The van der Waals surface area contributed by atoms with E-state index in [0.717, 1.165) is 0 Å². The summed E-state index contributed by atoms with van der Waals surface area (Å²) in [6.07, 6.45) is -1.84. The quantitative estimate of drug-likeness (QED) is 0.266. The van der Waals surface area contributed by atoms with Gasteiger partial charge in [0, 0.05) is 0 Å². The highest BCUT2D eigenvalue weighted by atomic mass is 32.1. The van der Waals surface area contributed by atoms with Crippen molar-refractivity contribution in [2.24, 2.45) is 0 Å². The number of hydrogen-bond acceptors (Lipinski definition) is 9. The van der Waals surface area contributed by atoms with E-state index in [4.69, 9.17) is 20.3 Å². The largest absolute Gasteiger partial charge is 0.469 e. The van der Waals surface area contributed by atoms with Crippen molar-refractivity contribution in [1.29, 1.82) is 0 Å². The molecule has 12 nitrogen and oxygen atoms in total. The van der Waals surface area contributed by atoms with Crippen molar-refractivity contribution in [3.8, 4) is 0 Å². The first-order chi connectivity index (χ1) is 11.2. The van der Waals surface area contributed by atoms with Crippen LogP contribution >= 0.6 is 20.5 Å². The summed E-state index contributed by atoms with van der Waals surface area (Å²) in [6.45, 7) is -0.540. The van der Waals surface area contributed by atoms with Crippen LogP contribution in [0.25, 0.3) is 11.2 Å². The molecular formula is C10H14N5O7PS. The average molecular weight is 379 g/mol. The van der Waals surface area contributed by atoms with Crippen molar-refractivity contribution in [3.05, 3.63) is 16.7 Å². The maximum absolute atomic E-state index is 11.8. The second kappa shape index (κ2) is 6.11. The zero-order valence-electron chi connectivity index (χ0n) is 11.9. The zero-order chi connectivity index (χ0) is 17.6. The van der Waals surface area contributed by atoms with Crippen molar-refractivity contribution in [2.75, 3.05) is 12.3 Å². The average Bonchev–Trinajstić information content (AvgIpc) is 3.00. The highest BCUT2D eigenvalue weighted by molar-refractivity contribution is 7.81. The molecule has 2 aromatic rings. The summed E-state index contributed by atoms with van der Waals surface area (Å²) in [5.74, 6) is -0.120. The first-order valence-corrected chi connectivity index (χ1v) is 8.66. The fourth-order valence-electron chi connectivity index (χ4n) is 2.40. The lowest BCUT2D eigenvalue weighted by Crippen LogP contribution is -2.30. The molecule has 3 heterocycles. The van der Waals surface area contributed by atoms with Gasteiger partial charge in [-0.2, -0.15) is 17.6 Å². The minimum Gasteiger partial charge on any atom is -0.389 e. The Labute approximate surface area is 139 Å². The minimum absolute atomic E-state index is 0.0257. The van der Waals surface area contributed by atoms with Crippen molar-refractivity contribution < 1.29 is 28.7 Å². The number of aliphatic hydroxyl groups is 1. The van der Waals surface area contributed by atoms with Crippen LogP contribution in [0.15, 0.2) is 11.1 Å². The standard InChI is InChI=1S/C10H14N5O7PS/c11-10-13-7-4(8(17)14-10)12-2-15(7)9-6(24)5(16)3(22-9)1-21-23(18,19)20/h2-3,5-6,9,16,24H,1H2,(H2,18,19,20)(H3,11,13,14,17)/t3-,5-,6-,9-/m1/s1. The lowest BCUT2D eigenvalue weighted by Gasteiger charge is -2.16. The number of phosphoric ester groups is 1. The fraction of sp³-hybridized carbons (Fsp3) is 0.500. The van der Waals surface area contributed by atoms with Gasteiger partial charge in [-0.1, -0.05) is 0 Å². The van der Waals surface area contributed by atoms with Crippen LogP contribution in [0.5, 0.6) is 0 Å². The molecule has 132 valence electrons. The number of ether oxygens (including phenoxy) is 1. The summed E-state index contributed by atoms with van der Waals surface area (Å²) in [7, 11) is -4.71. The monoisotopic (exact) mass is 379 g/mol. The molecule has 0 aliphatic carbocycles. The number of nitrogen functional groups attached to an aromatic ring is 1. The zero-order valence-corrected chi connectivity index (χ0v) is 13.7. The third-order valence-electron chi connectivity index (χ3n) is 3.47. The number of anilines is 1. The molecule has 4 atom stereocenters. The lowest BCUT2D eigenvalue weighted by atomic mass is 10.2. The SMILES string of the molecule is Nc1nc2c(ncn2[C@@H]2O[C@H](COP(=O)(O)O)[C@@H](O)[C@H]2S)c(=O)[nH]1. The van der Waals surface area contributed by atoms with E-state index in [1.165, 1.54) is 10.9 Å². The second-order valence-electron chi connectivity index (χ2n) is 5.11. The molecule has 2 aromatic heterocycles. The summed E-state index contributed by atoms with van der Waals surface area (Å²) in [6, 6.07) is 0. The topological polar surface area (TPSA) is 186 Å². The molecule has 1 saturated heterocycles. The van der Waals surface area contributed by atoms with Gasteiger partial charge in [-0.25, -0.2) is 9.55 Å². The number of hydrogen-bond donors (Lipinski definition) is 6. The predicted octanol–water partition coefficient (Wildman–Crippen LogP) is -1.63. The third kappa shape index (κ3) is 3.19. The number of thiol groups is 1. The number of H-pyrrole nitrogens is 1. The van der Waals surface area contributed by atoms with Crippen LogP contribution in [0.4, 0.5) is 5.95 Å². The first kappa shape index (κ1) is 17.4. The molecule has 3 rings (SSSR count). The second-order valence-corrected chi connectivity index (χ2v) is 6.94. The van der Waals surface area contributed by atoms with E-state index in [-0.39, 0.29) is 17.1 Å². The van der Waals surface area contributed by atoms with Gasteiger partial charge < -0.3 is 25.4 Å². The number of aromatic amines is 1. The van der Waals surface area contributed by atoms with Gasteiger partial charge in [-0.3, -0.25) is 18.9 Å². The van der Waals surface area contributed by atoms with Gasteiger partial charge in [-0.05, 0) is 0 Å². The van der Waals surface area contributed by atoms with Gasteiger partial charge in [0.2, 0.25) is 5.95 Å². The molecule has 1 aliphatic heterocycles. The molecule has 14 heteroatoms. The van der Waals surface area contributed by atoms with Crippen LogP contribution < -0.4 is 11.3 Å². The van der Waals surface area contributed by atoms with E-state index in [1.807, 2.05) is 0 Å². The fourth-order valence-corrected chi connectivity index (χ4v) is 3.14. The van der Waals surface area contributed by atoms with E-state index in [2.05, 4.69) is 32.1 Å². The Kier molecular flexibility index (Phi) is 4.42. The van der Waals surface area contributed by atoms with Crippen molar-refractivity contribution in [3.63, 3.8) is 0 Å². The van der Waals surface area contributed by atoms with Crippen LogP contribution in [0.3, 0.4) is 0 Å². The molecule has 1 fully saturated rings. The number of aromatic nitrogens is 4. The molecule has 6 N–H and O–H groups in total. The summed E-state index contributed by atoms with van der Waals surface area (Å²) in [4.78, 5) is 39.5. The molecule has 0 aromatic carbocycles. The normalized spacial score (nSPS) is 27.8. The number of phosphoric acid groups is 1. The van der Waals surface area contributed by atoms with E-state index in [0.29, 0.717) is 0 Å². The van der Waals surface area contributed by atoms with Gasteiger partial charge in [-0.15, -0.1) is 0 Å². The maximum atomic E-state index is 11.8. The summed E-state index contributed by atoms with van der Waals surface area (Å²) < 4.78 is 22.0. The molecule has 0 unspecified atom stereocenters.